The van der Waals surface area contributed by atoms with Crippen LogP contribution in [0.5, 0.6) is 0 Å². The van der Waals surface area contributed by atoms with E-state index in [1.165, 1.54) is 94.5 Å². The van der Waals surface area contributed by atoms with Gasteiger partial charge in [0.2, 0.25) is 21.9 Å². The lowest BCUT2D eigenvalue weighted by Gasteiger charge is -2.41. The molecular weight excluding hydrogens is 1910 g/mol. The molecule has 27 nitrogen and oxygen atoms in total. The summed E-state index contributed by atoms with van der Waals surface area (Å²) in [5.74, 6) is 10.4. The summed E-state index contributed by atoms with van der Waals surface area (Å²) in [6, 6.07) is 18.8. The molecule has 8 saturated heterocycles. The highest BCUT2D eigenvalue weighted by molar-refractivity contribution is 7.90. The minimum Gasteiger partial charge on any atom is -0.447 e. The highest BCUT2D eigenvalue weighted by atomic mass is 32.2. The summed E-state index contributed by atoms with van der Waals surface area (Å²) in [6.45, 7) is 96.0. The number of likely N-dealkylation sites (tertiary alicyclic amines) is 4. The zero-order valence-corrected chi connectivity index (χ0v) is 103. The maximum Gasteiger partial charge on any atom is 0.410 e. The summed E-state index contributed by atoms with van der Waals surface area (Å²) in [5.41, 5.74) is 6.70. The minimum absolute atomic E-state index is 0.0205. The molecule has 8 aliphatic heterocycles. The topological polar surface area (TPSA) is 274 Å². The van der Waals surface area contributed by atoms with Gasteiger partial charge in [-0.1, -0.05) is 226 Å². The summed E-state index contributed by atoms with van der Waals surface area (Å²) in [5, 5.41) is 8.18. The van der Waals surface area contributed by atoms with Crippen LogP contribution in [0.1, 0.15) is 403 Å². The number of sulfone groups is 1. The fourth-order valence-electron chi connectivity index (χ4n) is 20.8. The number of aromatic nitrogens is 6. The van der Waals surface area contributed by atoms with Crippen LogP contribution in [0.3, 0.4) is 0 Å². The van der Waals surface area contributed by atoms with E-state index in [1.54, 1.807) is 26.2 Å². The molecule has 1 atom stereocenters. The number of carbonyl (C=O) groups is 3. The van der Waals surface area contributed by atoms with E-state index in [-0.39, 0.29) is 46.9 Å². The number of ether oxygens (including phenoxy) is 2. The maximum atomic E-state index is 11.7. The average Bonchev–Trinajstić information content (AvgIpc) is 1.64. The van der Waals surface area contributed by atoms with Crippen LogP contribution in [0, 0.1) is 73.9 Å². The van der Waals surface area contributed by atoms with Crippen molar-refractivity contribution in [1.82, 2.24) is 68.9 Å². The van der Waals surface area contributed by atoms with Crippen molar-refractivity contribution in [2.45, 2.75) is 416 Å². The highest BCUT2D eigenvalue weighted by Crippen LogP contribution is 2.44. The van der Waals surface area contributed by atoms with Crippen LogP contribution in [-0.4, -0.2) is 272 Å². The number of amides is 4. The first-order valence-corrected chi connectivity index (χ1v) is 60.8. The van der Waals surface area contributed by atoms with E-state index in [2.05, 4.69) is 300 Å². The molecule has 9 fully saturated rings. The normalized spacial score (nSPS) is 19.3. The number of sulfonamides is 1. The second-order valence-electron chi connectivity index (χ2n) is 54.9. The predicted molar refractivity (Wildman–Crippen MR) is 615 cm³/mol. The second kappa shape index (κ2) is 57.6. The summed E-state index contributed by atoms with van der Waals surface area (Å²) in [4.78, 5) is 72.8. The van der Waals surface area contributed by atoms with Gasteiger partial charge in [-0.05, 0) is 319 Å². The standard InChI is InChI=1S/C17H27N.C16H29N3O.C15H25N3.C14H23N3O.C13H25NO2.C12H24N2O2.C12H24N2O.C11H16O2S.C10H21NO2S/c1-17(2,3)13-15-9-11-18(12-10-15)14-16-7-5-4-6-8-16;1-11(2)14-17-15(20-18-14)19-9-7-13(8-10-19)12(3)16(4,5)6;1-5-12-10-16-14(17-11-12)18-8-6-13(7-9-18)15(2,3)4;1-14(2,3)17-8-6-11(7-9-17)13-15-12(16-18-13)10-4-5-10;1-10(2)16-12(15)14-8-6-11(7-9-14)13(3,4)5;1-10(2)16-11(15)13-6-8-14(9-7-13)12(3,4)5;1-12(2,3)10-6-8-14(9-7-10)11(15)13(4)5;1-11(2,3)9-5-7-10(8-6-9)14(4,12)13;1-10(2,3)9-5-7-11(8-6-9)14(4,12)13/h4-8,15H,9-14H2,1-3H3;11-13H,7-10H2,1-6H3;10-11,13H,5-9H2,1-4H3;10-11H,4-9H2,1-3H3;10-11H,6-9H2,1-5H3;10H,6-9H2,1-5H3;10H,6-9H2,1-5H3;5-8H,1-4H3;9H,5-8H2,1-4H3. The Morgan fingerprint density at radius 1 is 0.443 bits per heavy atom. The smallest absolute Gasteiger partial charge is 0.410 e. The van der Waals surface area contributed by atoms with E-state index in [4.69, 9.17) is 18.5 Å². The van der Waals surface area contributed by atoms with Crippen LogP contribution in [0.15, 0.2) is 80.9 Å². The van der Waals surface area contributed by atoms with E-state index in [0.29, 0.717) is 80.2 Å². The SMILES string of the molecule is CC(C)(C)C1CCN(S(C)(=O)=O)CC1.CC(C)(C)CC1CCN(Cc2ccccc2)CC1.CC(C)(C)N1CCC(c2nc(C3CC3)no2)CC1.CC(C)(C)c1ccc(S(C)(=O)=O)cc1.CC(C)OC(=O)N1CCC(C(C)(C)C)CC1.CC(C)OC(=O)N1CCN(C(C)(C)C)CC1.CC(C)c1noc(N2CCC(C(C)C(C)(C)C)CC2)n1.CCc1cnc(N2CCC(C(C)(C)C)CC2)nc1.CN(C)C(=O)N1CCC(C(C)(C)C)CC1. The molecule has 149 heavy (non-hydrogen) atoms. The molecule has 1 aliphatic carbocycles. The van der Waals surface area contributed by atoms with Gasteiger partial charge in [-0.15, -0.1) is 0 Å². The summed E-state index contributed by atoms with van der Waals surface area (Å²) in [7, 11) is -2.39. The van der Waals surface area contributed by atoms with Crippen molar-refractivity contribution >= 4 is 50.0 Å². The Kier molecular flexibility index (Phi) is 50.5. The Morgan fingerprint density at radius 2 is 0.866 bits per heavy atom. The van der Waals surface area contributed by atoms with Crippen molar-refractivity contribution in [2.75, 3.05) is 154 Å². The van der Waals surface area contributed by atoms with Crippen molar-refractivity contribution in [1.29, 1.82) is 0 Å². The summed E-state index contributed by atoms with van der Waals surface area (Å²) >= 11 is 0. The number of hydrogen-bond acceptors (Lipinski definition) is 22. The fourth-order valence-corrected chi connectivity index (χ4v) is 22.3. The average molecular weight is 2120 g/mol. The molecule has 14 rings (SSSR count). The number of piperidine rings is 7. The van der Waals surface area contributed by atoms with E-state index in [9.17, 15) is 31.2 Å². The number of urea groups is 1. The van der Waals surface area contributed by atoms with E-state index in [1.807, 2.05) is 76.1 Å². The van der Waals surface area contributed by atoms with Crippen LogP contribution in [0.2, 0.25) is 0 Å². The monoisotopic (exact) mass is 2120 g/mol. The summed E-state index contributed by atoms with van der Waals surface area (Å²) in [6.07, 6.45) is 27.4. The lowest BCUT2D eigenvalue weighted by atomic mass is 9.71. The van der Waals surface area contributed by atoms with Crippen molar-refractivity contribution in [3.8, 4) is 0 Å². The summed E-state index contributed by atoms with van der Waals surface area (Å²) < 4.78 is 67.7. The minimum atomic E-state index is -3.07. The molecule has 0 radical (unpaired) electrons. The van der Waals surface area contributed by atoms with Gasteiger partial charge in [0.15, 0.2) is 21.5 Å². The van der Waals surface area contributed by atoms with Gasteiger partial charge < -0.3 is 47.9 Å². The Labute approximate surface area is 908 Å². The molecule has 0 bridgehead atoms. The van der Waals surface area contributed by atoms with E-state index in [0.717, 1.165) is 221 Å². The zero-order chi connectivity index (χ0) is 112. The first kappa shape index (κ1) is 131. The molecule has 29 heteroatoms. The number of anilines is 2. The largest absolute Gasteiger partial charge is 0.447 e. The Hall–Kier alpha value is -7.05. The van der Waals surface area contributed by atoms with Crippen LogP contribution in [-0.2, 0) is 47.7 Å². The number of benzene rings is 2. The third kappa shape index (κ3) is 46.9. The van der Waals surface area contributed by atoms with Crippen LogP contribution >= 0.6 is 0 Å². The van der Waals surface area contributed by atoms with Gasteiger partial charge in [-0.3, -0.25) is 14.7 Å². The van der Waals surface area contributed by atoms with E-state index >= 15 is 0 Å². The molecule has 1 saturated carbocycles. The van der Waals surface area contributed by atoms with Gasteiger partial charge in [0.25, 0.3) is 0 Å². The number of nitrogens with zero attached hydrogens (tertiary/aromatic N) is 16. The number of rotatable bonds is 14. The molecule has 11 heterocycles. The molecule has 5 aromatic rings. The lowest BCUT2D eigenvalue weighted by Crippen LogP contribution is -2.54. The number of aryl methyl sites for hydroxylation is 1. The molecule has 4 amide bonds. The number of carbonyl (C=O) groups excluding carboxylic acids is 3. The number of hydrogen-bond donors (Lipinski definition) is 0. The van der Waals surface area contributed by atoms with Crippen LogP contribution < -0.4 is 9.80 Å². The Morgan fingerprint density at radius 3 is 1.24 bits per heavy atom. The van der Waals surface area contributed by atoms with E-state index < -0.39 is 19.9 Å². The molecule has 0 N–H and O–H groups in total. The molecular formula is C120H214N16O11S2. The first-order valence-electron chi connectivity index (χ1n) is 57.1. The Bertz CT molecular complexity index is 4820. The predicted octanol–water partition coefficient (Wildman–Crippen LogP) is 26.4. The van der Waals surface area contributed by atoms with Gasteiger partial charge >= 0.3 is 24.2 Å². The maximum absolute atomic E-state index is 11.7. The zero-order valence-electron chi connectivity index (χ0n) is 101. The third-order valence-electron chi connectivity index (χ3n) is 31.8. The van der Waals surface area contributed by atoms with Crippen molar-refractivity contribution < 1.29 is 49.7 Å². The second-order valence-corrected chi connectivity index (χ2v) is 58.9. The van der Waals surface area contributed by atoms with Crippen molar-refractivity contribution in [2.24, 2.45) is 73.9 Å². The third-order valence-corrected chi connectivity index (χ3v) is 34.2. The fraction of sp³-hybridized carbons (Fsp3) is 0.808. The molecule has 2 aromatic carbocycles. The van der Waals surface area contributed by atoms with Gasteiger partial charge in [0, 0.05) is 160 Å². The molecule has 1 unspecified atom stereocenters. The van der Waals surface area contributed by atoms with Gasteiger partial charge in [-0.25, -0.2) is 45.5 Å². The van der Waals surface area contributed by atoms with Crippen LogP contribution in [0.25, 0.3) is 0 Å². The quantitative estimate of drug-likeness (QED) is 0.0999. The van der Waals surface area contributed by atoms with Crippen LogP contribution in [0.4, 0.5) is 26.3 Å². The molecule has 3 aromatic heterocycles. The van der Waals surface area contributed by atoms with Gasteiger partial charge in [-0.2, -0.15) is 9.97 Å². The van der Waals surface area contributed by atoms with Gasteiger partial charge in [0.05, 0.1) is 23.4 Å². The first-order chi connectivity index (χ1) is 68.7. The molecule has 0 spiro atoms. The molecule has 852 valence electrons. The molecule has 9 aliphatic rings. The lowest BCUT2D eigenvalue weighted by molar-refractivity contribution is 0.0347. The van der Waals surface area contributed by atoms with Gasteiger partial charge in [0.1, 0.15) is 0 Å². The van der Waals surface area contributed by atoms with Crippen molar-refractivity contribution in [3.05, 3.63) is 101 Å². The van der Waals surface area contributed by atoms with Crippen molar-refractivity contribution in [3.63, 3.8) is 0 Å². The highest BCUT2D eigenvalue weighted by Gasteiger charge is 2.40. The number of piperazine rings is 1. The Balaban J connectivity index is 0.000000256.